The minimum absolute atomic E-state index is 0.171. The summed E-state index contributed by atoms with van der Waals surface area (Å²) in [5, 5.41) is 4.95. The quantitative estimate of drug-likeness (QED) is 0.500. The molecule has 0 bridgehead atoms. The lowest BCUT2D eigenvalue weighted by atomic mass is 10.1. The molecule has 142 valence electrons. The normalized spacial score (nSPS) is 11.5. The summed E-state index contributed by atoms with van der Waals surface area (Å²) in [6, 6.07) is 15.9. The Kier molecular flexibility index (Phi) is 5.96. The van der Waals surface area contributed by atoms with Crippen LogP contribution in [0.3, 0.4) is 0 Å². The standard InChI is InChI=1S/C21H18N2O4S/c1-13(19(25)15-8-10-17(11-9-15)22-14(2)24)27-21(26)18-12-28-20(23-18)16-6-4-3-5-7-16/h3-13H,1-2H3,(H,22,24)/t13-/m0/s1. The van der Waals surface area contributed by atoms with Gasteiger partial charge in [-0.25, -0.2) is 9.78 Å². The van der Waals surface area contributed by atoms with E-state index >= 15 is 0 Å². The number of Topliss-reactive ketones (excluding diaryl/α,β-unsaturated/α-hetero) is 1. The summed E-state index contributed by atoms with van der Waals surface area (Å²) in [5.74, 6) is -1.17. The number of carbonyl (C=O) groups excluding carboxylic acids is 3. The van der Waals surface area contributed by atoms with Gasteiger partial charge in [-0.15, -0.1) is 11.3 Å². The third kappa shape index (κ3) is 4.69. The van der Waals surface area contributed by atoms with E-state index in [1.165, 1.54) is 25.2 Å². The molecule has 1 aromatic heterocycles. The Hall–Kier alpha value is -3.32. The van der Waals surface area contributed by atoms with Crippen molar-refractivity contribution in [3.8, 4) is 10.6 Å². The van der Waals surface area contributed by atoms with E-state index in [-0.39, 0.29) is 17.4 Å². The van der Waals surface area contributed by atoms with Crippen LogP contribution in [-0.2, 0) is 9.53 Å². The summed E-state index contributed by atoms with van der Waals surface area (Å²) < 4.78 is 5.28. The Morgan fingerprint density at radius 1 is 1.04 bits per heavy atom. The molecule has 28 heavy (non-hydrogen) atoms. The van der Waals surface area contributed by atoms with Crippen molar-refractivity contribution in [3.63, 3.8) is 0 Å². The van der Waals surface area contributed by atoms with Crippen molar-refractivity contribution in [2.24, 2.45) is 0 Å². The monoisotopic (exact) mass is 394 g/mol. The molecule has 2 aromatic carbocycles. The lowest BCUT2D eigenvalue weighted by Crippen LogP contribution is -2.24. The van der Waals surface area contributed by atoms with Crippen LogP contribution >= 0.6 is 11.3 Å². The molecule has 1 N–H and O–H groups in total. The second kappa shape index (κ2) is 8.58. The molecule has 0 unspecified atom stereocenters. The molecule has 0 aliphatic heterocycles. The smallest absolute Gasteiger partial charge is 0.358 e. The molecule has 0 fully saturated rings. The number of thiazole rings is 1. The Morgan fingerprint density at radius 3 is 2.36 bits per heavy atom. The summed E-state index contributed by atoms with van der Waals surface area (Å²) in [4.78, 5) is 40.2. The fourth-order valence-electron chi connectivity index (χ4n) is 2.51. The molecule has 0 radical (unpaired) electrons. The van der Waals surface area contributed by atoms with E-state index < -0.39 is 12.1 Å². The first-order valence-electron chi connectivity index (χ1n) is 8.58. The summed E-state index contributed by atoms with van der Waals surface area (Å²) in [6.07, 6.45) is -0.957. The van der Waals surface area contributed by atoms with E-state index in [4.69, 9.17) is 4.74 Å². The van der Waals surface area contributed by atoms with Gasteiger partial charge in [-0.2, -0.15) is 0 Å². The zero-order chi connectivity index (χ0) is 20.1. The second-order valence-electron chi connectivity index (χ2n) is 6.07. The Morgan fingerprint density at radius 2 is 1.71 bits per heavy atom. The molecule has 0 aliphatic rings. The number of ether oxygens (including phenoxy) is 1. The number of nitrogens with one attached hydrogen (secondary N) is 1. The van der Waals surface area contributed by atoms with E-state index in [1.54, 1.807) is 29.6 Å². The first kappa shape index (κ1) is 19.4. The maximum atomic E-state index is 12.5. The number of amides is 1. The van der Waals surface area contributed by atoms with Gasteiger partial charge >= 0.3 is 5.97 Å². The van der Waals surface area contributed by atoms with E-state index in [2.05, 4.69) is 10.3 Å². The van der Waals surface area contributed by atoms with E-state index in [0.29, 0.717) is 16.3 Å². The van der Waals surface area contributed by atoms with Crippen LogP contribution in [0.4, 0.5) is 5.69 Å². The van der Waals surface area contributed by atoms with Gasteiger partial charge in [0.15, 0.2) is 11.8 Å². The number of esters is 1. The number of hydrogen-bond donors (Lipinski definition) is 1. The van der Waals surface area contributed by atoms with Gasteiger partial charge in [-0.1, -0.05) is 30.3 Å². The largest absolute Gasteiger partial charge is 0.450 e. The van der Waals surface area contributed by atoms with Gasteiger partial charge in [0.05, 0.1) is 0 Å². The van der Waals surface area contributed by atoms with Crippen LogP contribution < -0.4 is 5.32 Å². The Labute approximate surface area is 166 Å². The fraction of sp³-hybridized carbons (Fsp3) is 0.143. The maximum Gasteiger partial charge on any atom is 0.358 e. The van der Waals surface area contributed by atoms with Crippen LogP contribution in [0.1, 0.15) is 34.7 Å². The zero-order valence-electron chi connectivity index (χ0n) is 15.3. The van der Waals surface area contributed by atoms with Gasteiger partial charge in [0, 0.05) is 29.1 Å². The number of benzene rings is 2. The van der Waals surface area contributed by atoms with Crippen LogP contribution in [0.2, 0.25) is 0 Å². The minimum Gasteiger partial charge on any atom is -0.450 e. The summed E-state index contributed by atoms with van der Waals surface area (Å²) in [6.45, 7) is 2.93. The maximum absolute atomic E-state index is 12.5. The molecular formula is C21H18N2O4S. The van der Waals surface area contributed by atoms with Crippen molar-refractivity contribution in [1.82, 2.24) is 4.98 Å². The first-order valence-corrected chi connectivity index (χ1v) is 9.46. The van der Waals surface area contributed by atoms with Crippen LogP contribution in [-0.4, -0.2) is 28.7 Å². The molecule has 3 rings (SSSR count). The van der Waals surface area contributed by atoms with Crippen molar-refractivity contribution in [2.75, 3.05) is 5.32 Å². The number of rotatable bonds is 6. The first-order chi connectivity index (χ1) is 13.4. The van der Waals surface area contributed by atoms with Crippen molar-refractivity contribution in [1.29, 1.82) is 0 Å². The number of aromatic nitrogens is 1. The SMILES string of the molecule is CC(=O)Nc1ccc(C(=O)[C@H](C)OC(=O)c2csc(-c3ccccc3)n2)cc1. The topological polar surface area (TPSA) is 85.4 Å². The molecule has 0 spiro atoms. The van der Waals surface area contributed by atoms with Crippen LogP contribution in [0, 0.1) is 0 Å². The van der Waals surface area contributed by atoms with Gasteiger partial charge in [0.25, 0.3) is 0 Å². The predicted octanol–water partition coefficient (Wildman–Crippen LogP) is 4.20. The van der Waals surface area contributed by atoms with Gasteiger partial charge in [-0.05, 0) is 31.2 Å². The number of hydrogen-bond acceptors (Lipinski definition) is 6. The third-order valence-corrected chi connectivity index (χ3v) is 4.77. The molecule has 1 atom stereocenters. The van der Waals surface area contributed by atoms with Crippen molar-refractivity contribution in [3.05, 3.63) is 71.2 Å². The van der Waals surface area contributed by atoms with Gasteiger partial charge in [0.1, 0.15) is 5.01 Å². The minimum atomic E-state index is -0.957. The van der Waals surface area contributed by atoms with Crippen molar-refractivity contribution < 1.29 is 19.1 Å². The molecule has 0 saturated heterocycles. The van der Waals surface area contributed by atoms with E-state index in [1.807, 2.05) is 30.3 Å². The van der Waals surface area contributed by atoms with Crippen molar-refractivity contribution >= 4 is 34.7 Å². The molecule has 0 aliphatic carbocycles. The second-order valence-corrected chi connectivity index (χ2v) is 6.93. The molecule has 1 amide bonds. The van der Waals surface area contributed by atoms with Crippen LogP contribution in [0.5, 0.6) is 0 Å². The molecule has 7 heteroatoms. The summed E-state index contributed by atoms with van der Waals surface area (Å²) in [5.41, 5.74) is 2.06. The van der Waals surface area contributed by atoms with Gasteiger partial charge in [-0.3, -0.25) is 9.59 Å². The molecule has 6 nitrogen and oxygen atoms in total. The highest BCUT2D eigenvalue weighted by Crippen LogP contribution is 2.24. The van der Waals surface area contributed by atoms with Gasteiger partial charge in [0.2, 0.25) is 11.7 Å². The lowest BCUT2D eigenvalue weighted by Gasteiger charge is -2.12. The van der Waals surface area contributed by atoms with Crippen molar-refractivity contribution in [2.45, 2.75) is 20.0 Å². The molecular weight excluding hydrogens is 376 g/mol. The lowest BCUT2D eigenvalue weighted by molar-refractivity contribution is -0.114. The third-order valence-electron chi connectivity index (χ3n) is 3.88. The highest BCUT2D eigenvalue weighted by atomic mass is 32.1. The highest BCUT2D eigenvalue weighted by molar-refractivity contribution is 7.13. The summed E-state index contributed by atoms with van der Waals surface area (Å²) in [7, 11) is 0. The van der Waals surface area contributed by atoms with Crippen LogP contribution in [0.15, 0.2) is 60.0 Å². The Balaban J connectivity index is 1.64. The Bertz CT molecular complexity index is 997. The average Bonchev–Trinajstić information content (AvgIpc) is 3.18. The van der Waals surface area contributed by atoms with E-state index in [9.17, 15) is 14.4 Å². The molecule has 3 aromatic rings. The molecule has 1 heterocycles. The number of carbonyl (C=O) groups is 3. The summed E-state index contributed by atoms with van der Waals surface area (Å²) >= 11 is 1.34. The predicted molar refractivity (Wildman–Crippen MR) is 108 cm³/mol. The number of ketones is 1. The number of anilines is 1. The fourth-order valence-corrected chi connectivity index (χ4v) is 3.31. The zero-order valence-corrected chi connectivity index (χ0v) is 16.2. The van der Waals surface area contributed by atoms with Crippen LogP contribution in [0.25, 0.3) is 10.6 Å². The molecule has 0 saturated carbocycles. The average molecular weight is 394 g/mol. The van der Waals surface area contributed by atoms with E-state index in [0.717, 1.165) is 5.56 Å². The number of nitrogens with zero attached hydrogens (tertiary/aromatic N) is 1. The van der Waals surface area contributed by atoms with Gasteiger partial charge < -0.3 is 10.1 Å². The highest BCUT2D eigenvalue weighted by Gasteiger charge is 2.22.